The third-order valence-electron chi connectivity index (χ3n) is 2.00. The molecule has 7 heteroatoms. The van der Waals surface area contributed by atoms with E-state index in [1.54, 1.807) is 11.9 Å². The Hall–Kier alpha value is -1.36. The fourth-order valence-electron chi connectivity index (χ4n) is 1.30. The van der Waals surface area contributed by atoms with Gasteiger partial charge < -0.3 is 20.5 Å². The molecule has 0 aliphatic rings. The fraction of sp³-hybridized carbons (Fsp3) is 0.556. The van der Waals surface area contributed by atoms with Gasteiger partial charge in [-0.3, -0.25) is 0 Å². The van der Waals surface area contributed by atoms with Gasteiger partial charge in [-0.2, -0.15) is 9.64 Å². The highest BCUT2D eigenvalue weighted by atomic mass is 32.1. The van der Waals surface area contributed by atoms with Crippen molar-refractivity contribution in [3.8, 4) is 6.07 Å². The van der Waals surface area contributed by atoms with Crippen LogP contribution in [0.25, 0.3) is 0 Å². The summed E-state index contributed by atoms with van der Waals surface area (Å²) >= 11 is 1.15. The average molecular weight is 242 g/mol. The number of hydrogen-bond acceptors (Lipinski definition) is 7. The van der Waals surface area contributed by atoms with E-state index in [-0.39, 0.29) is 12.4 Å². The van der Waals surface area contributed by atoms with Gasteiger partial charge in [-0.15, -0.1) is 0 Å². The zero-order chi connectivity index (χ0) is 12.1. The van der Waals surface area contributed by atoms with E-state index in [2.05, 4.69) is 4.37 Å². The van der Waals surface area contributed by atoms with E-state index in [9.17, 15) is 5.11 Å². The number of nitrogen functional groups attached to an aromatic ring is 1. The van der Waals surface area contributed by atoms with E-state index < -0.39 is 6.10 Å². The second-order valence-corrected chi connectivity index (χ2v) is 4.10. The van der Waals surface area contributed by atoms with Gasteiger partial charge >= 0.3 is 0 Å². The third kappa shape index (κ3) is 2.82. The van der Waals surface area contributed by atoms with Crippen LogP contribution in [0.5, 0.6) is 0 Å². The maximum Gasteiger partial charge on any atom is 0.157 e. The van der Waals surface area contributed by atoms with Crippen LogP contribution >= 0.6 is 11.5 Å². The minimum absolute atomic E-state index is 0.232. The van der Waals surface area contributed by atoms with Crippen molar-refractivity contribution in [2.45, 2.75) is 6.10 Å². The maximum absolute atomic E-state index is 9.55. The number of anilines is 2. The molecule has 0 amide bonds. The number of aliphatic hydroxyl groups excluding tert-OH is 1. The smallest absolute Gasteiger partial charge is 0.157 e. The Morgan fingerprint density at radius 1 is 1.75 bits per heavy atom. The lowest BCUT2D eigenvalue weighted by Gasteiger charge is -2.20. The Bertz CT molecular complexity index is 387. The number of rotatable bonds is 5. The van der Waals surface area contributed by atoms with Gasteiger partial charge in [0.15, 0.2) is 5.82 Å². The van der Waals surface area contributed by atoms with Crippen molar-refractivity contribution >= 4 is 22.4 Å². The Labute approximate surface area is 98.0 Å². The quantitative estimate of drug-likeness (QED) is 0.757. The largest absolute Gasteiger partial charge is 0.389 e. The molecule has 1 heterocycles. The monoisotopic (exact) mass is 242 g/mol. The molecule has 0 aliphatic carbocycles. The average Bonchev–Trinajstić information content (AvgIpc) is 2.59. The highest BCUT2D eigenvalue weighted by Crippen LogP contribution is 2.28. The van der Waals surface area contributed by atoms with Crippen molar-refractivity contribution in [2.24, 2.45) is 0 Å². The molecule has 3 N–H and O–H groups in total. The van der Waals surface area contributed by atoms with Crippen LogP contribution in [0.1, 0.15) is 5.56 Å². The molecule has 0 aromatic carbocycles. The number of nitrogens with zero attached hydrogens (tertiary/aromatic N) is 3. The number of likely N-dealkylation sites (N-methyl/N-ethyl adjacent to an activating group) is 1. The van der Waals surface area contributed by atoms with Crippen molar-refractivity contribution in [1.82, 2.24) is 4.37 Å². The van der Waals surface area contributed by atoms with Gasteiger partial charge in [-0.1, -0.05) is 0 Å². The predicted molar refractivity (Wildman–Crippen MR) is 62.4 cm³/mol. The van der Waals surface area contributed by atoms with E-state index in [1.807, 2.05) is 6.07 Å². The van der Waals surface area contributed by atoms with E-state index in [0.717, 1.165) is 11.5 Å². The van der Waals surface area contributed by atoms with Gasteiger partial charge in [-0.25, -0.2) is 0 Å². The van der Waals surface area contributed by atoms with Crippen LogP contribution in [0.3, 0.4) is 0 Å². The first kappa shape index (κ1) is 12.7. The summed E-state index contributed by atoms with van der Waals surface area (Å²) in [6.45, 7) is 0.616. The molecule has 0 fully saturated rings. The Kier molecular flexibility index (Phi) is 4.49. The molecule has 0 bridgehead atoms. The van der Waals surface area contributed by atoms with E-state index >= 15 is 0 Å². The van der Waals surface area contributed by atoms with Crippen LogP contribution in [0.4, 0.5) is 10.8 Å². The molecular weight excluding hydrogens is 228 g/mol. The molecule has 0 saturated heterocycles. The van der Waals surface area contributed by atoms with Crippen LogP contribution in [-0.2, 0) is 4.74 Å². The van der Waals surface area contributed by atoms with Gasteiger partial charge in [0.05, 0.1) is 12.7 Å². The number of nitriles is 1. The van der Waals surface area contributed by atoms with Crippen molar-refractivity contribution < 1.29 is 9.84 Å². The molecule has 16 heavy (non-hydrogen) atoms. The summed E-state index contributed by atoms with van der Waals surface area (Å²) in [5.41, 5.74) is 5.90. The Balaban J connectivity index is 2.73. The van der Waals surface area contributed by atoms with Gasteiger partial charge in [0.25, 0.3) is 0 Å². The summed E-state index contributed by atoms with van der Waals surface area (Å²) < 4.78 is 8.73. The molecule has 0 spiro atoms. The molecule has 1 rings (SSSR count). The number of methoxy groups -OCH3 is 1. The fourth-order valence-corrected chi connectivity index (χ4v) is 2.03. The summed E-state index contributed by atoms with van der Waals surface area (Å²) in [7, 11) is 3.29. The van der Waals surface area contributed by atoms with Gasteiger partial charge in [0, 0.05) is 20.7 Å². The summed E-state index contributed by atoms with van der Waals surface area (Å²) in [4.78, 5) is 1.75. The van der Waals surface area contributed by atoms with Gasteiger partial charge in [0.2, 0.25) is 0 Å². The SMILES string of the molecule is COCC(O)CN(C)c1snc(N)c1C#N. The first-order valence-electron chi connectivity index (χ1n) is 4.63. The summed E-state index contributed by atoms with van der Waals surface area (Å²) in [6.07, 6.45) is -0.607. The van der Waals surface area contributed by atoms with Crippen LogP contribution in [0.2, 0.25) is 0 Å². The molecule has 0 saturated carbocycles. The molecule has 88 valence electrons. The zero-order valence-corrected chi connectivity index (χ0v) is 9.99. The minimum Gasteiger partial charge on any atom is -0.389 e. The summed E-state index contributed by atoms with van der Waals surface area (Å²) in [5, 5.41) is 19.1. The standard InChI is InChI=1S/C9H14N4O2S/c1-13(4-6(14)5-15-2)9-7(3-10)8(11)12-16-9/h6,14H,4-5H2,1-2H3,(H2,11,12). The zero-order valence-electron chi connectivity index (χ0n) is 9.17. The lowest BCUT2D eigenvalue weighted by atomic mass is 10.3. The summed E-state index contributed by atoms with van der Waals surface area (Å²) in [6, 6.07) is 2.00. The van der Waals surface area contributed by atoms with Crippen LogP contribution in [-0.4, -0.2) is 42.9 Å². The Morgan fingerprint density at radius 3 is 3.00 bits per heavy atom. The van der Waals surface area contributed by atoms with Crippen LogP contribution in [0.15, 0.2) is 0 Å². The first-order valence-corrected chi connectivity index (χ1v) is 5.40. The van der Waals surface area contributed by atoms with E-state index in [1.165, 1.54) is 7.11 Å². The minimum atomic E-state index is -0.607. The first-order chi connectivity index (χ1) is 7.60. The van der Waals surface area contributed by atoms with Crippen molar-refractivity contribution in [3.05, 3.63) is 5.56 Å². The van der Waals surface area contributed by atoms with Gasteiger partial charge in [-0.05, 0) is 11.5 Å². The molecule has 6 nitrogen and oxygen atoms in total. The number of nitrogens with two attached hydrogens (primary N) is 1. The molecule has 1 unspecified atom stereocenters. The molecule has 0 aliphatic heterocycles. The number of ether oxygens (including phenoxy) is 1. The van der Waals surface area contributed by atoms with Crippen molar-refractivity contribution in [1.29, 1.82) is 5.26 Å². The predicted octanol–water partition coefficient (Wildman–Crippen LogP) is 0.0405. The summed E-state index contributed by atoms with van der Waals surface area (Å²) in [5.74, 6) is 0.232. The highest BCUT2D eigenvalue weighted by Gasteiger charge is 2.17. The molecule has 1 atom stereocenters. The topological polar surface area (TPSA) is 95.4 Å². The Morgan fingerprint density at radius 2 is 2.44 bits per heavy atom. The maximum atomic E-state index is 9.55. The second-order valence-electron chi connectivity index (χ2n) is 3.35. The molecular formula is C9H14N4O2S. The number of aromatic nitrogens is 1. The highest BCUT2D eigenvalue weighted by molar-refractivity contribution is 7.10. The number of aliphatic hydroxyl groups is 1. The number of hydrogen-bond donors (Lipinski definition) is 2. The lowest BCUT2D eigenvalue weighted by Crippen LogP contribution is -2.31. The van der Waals surface area contributed by atoms with E-state index in [4.69, 9.17) is 15.7 Å². The van der Waals surface area contributed by atoms with Crippen molar-refractivity contribution in [2.75, 3.05) is 37.9 Å². The van der Waals surface area contributed by atoms with Crippen LogP contribution < -0.4 is 10.6 Å². The third-order valence-corrected chi connectivity index (χ3v) is 2.98. The molecule has 0 radical (unpaired) electrons. The van der Waals surface area contributed by atoms with Crippen LogP contribution in [0, 0.1) is 11.3 Å². The normalized spacial score (nSPS) is 12.1. The van der Waals surface area contributed by atoms with E-state index in [0.29, 0.717) is 17.1 Å². The van der Waals surface area contributed by atoms with Gasteiger partial charge in [0.1, 0.15) is 16.6 Å². The van der Waals surface area contributed by atoms with Crippen molar-refractivity contribution in [3.63, 3.8) is 0 Å². The second kappa shape index (κ2) is 5.65. The molecule has 1 aromatic rings. The molecule has 1 aromatic heterocycles. The lowest BCUT2D eigenvalue weighted by molar-refractivity contribution is 0.0696.